The van der Waals surface area contributed by atoms with E-state index in [0.29, 0.717) is 16.4 Å². The van der Waals surface area contributed by atoms with E-state index in [1.165, 1.54) is 12.3 Å². The van der Waals surface area contributed by atoms with Gasteiger partial charge >= 0.3 is 0 Å². The molecule has 0 atom stereocenters. The Kier molecular flexibility index (Phi) is 4.99. The van der Waals surface area contributed by atoms with Crippen molar-refractivity contribution in [1.82, 2.24) is 4.98 Å². The predicted molar refractivity (Wildman–Crippen MR) is 86.5 cm³/mol. The number of amides is 1. The summed E-state index contributed by atoms with van der Waals surface area (Å²) in [4.78, 5) is 15.9. The molecule has 0 aliphatic heterocycles. The summed E-state index contributed by atoms with van der Waals surface area (Å²) in [6, 6.07) is 9.64. The van der Waals surface area contributed by atoms with E-state index >= 15 is 0 Å². The molecule has 22 heavy (non-hydrogen) atoms. The molecule has 0 spiro atoms. The van der Waals surface area contributed by atoms with E-state index in [0.717, 1.165) is 10.6 Å². The summed E-state index contributed by atoms with van der Waals surface area (Å²) in [5, 5.41) is 2.98. The normalized spacial score (nSPS) is 11.0. The van der Waals surface area contributed by atoms with Crippen molar-refractivity contribution >= 4 is 38.9 Å². The summed E-state index contributed by atoms with van der Waals surface area (Å²) in [5.74, 6) is -0.474. The molecule has 0 saturated carbocycles. The van der Waals surface area contributed by atoms with Crippen molar-refractivity contribution in [3.63, 3.8) is 0 Å². The lowest BCUT2D eigenvalue weighted by atomic mass is 10.3. The summed E-state index contributed by atoms with van der Waals surface area (Å²) in [6.45, 7) is -0.353. The number of nitrogens with one attached hydrogen (secondary N) is 1. The second-order valence-electron chi connectivity index (χ2n) is 4.54. The second kappa shape index (κ2) is 6.76. The largest absolute Gasteiger partial charge is 0.323 e. The maximum atomic E-state index is 12.0. The molecule has 0 bridgehead atoms. The van der Waals surface area contributed by atoms with Gasteiger partial charge in [-0.2, -0.15) is 0 Å². The Labute approximate surface area is 133 Å². The lowest BCUT2D eigenvalue weighted by molar-refractivity contribution is -0.114. The highest BCUT2D eigenvalue weighted by atomic mass is 35.5. The van der Waals surface area contributed by atoms with Gasteiger partial charge in [0.05, 0.1) is 23.8 Å². The van der Waals surface area contributed by atoms with Gasteiger partial charge in [-0.3, -0.25) is 14.1 Å². The molecule has 116 valence electrons. The zero-order valence-electron chi connectivity index (χ0n) is 11.7. The van der Waals surface area contributed by atoms with Crippen LogP contribution in [0.15, 0.2) is 48.8 Å². The zero-order valence-corrected chi connectivity index (χ0v) is 13.3. The molecular formula is C14H14ClN3O3S. The minimum atomic E-state index is -3.62. The number of sulfonamides is 1. The summed E-state index contributed by atoms with van der Waals surface area (Å²) in [6.07, 6.45) is 4.08. The van der Waals surface area contributed by atoms with Crippen LogP contribution in [0, 0.1) is 0 Å². The van der Waals surface area contributed by atoms with Crippen LogP contribution in [-0.4, -0.2) is 32.1 Å². The summed E-state index contributed by atoms with van der Waals surface area (Å²) >= 11 is 5.88. The van der Waals surface area contributed by atoms with Gasteiger partial charge in [-0.1, -0.05) is 17.7 Å². The number of benzene rings is 1. The van der Waals surface area contributed by atoms with Crippen LogP contribution < -0.4 is 9.62 Å². The van der Waals surface area contributed by atoms with Gasteiger partial charge in [0.2, 0.25) is 15.9 Å². The molecule has 0 unspecified atom stereocenters. The molecule has 0 fully saturated rings. The first kappa shape index (κ1) is 16.3. The third-order valence-electron chi connectivity index (χ3n) is 2.73. The van der Waals surface area contributed by atoms with Gasteiger partial charge in [0.1, 0.15) is 6.54 Å². The highest BCUT2D eigenvalue weighted by molar-refractivity contribution is 7.92. The van der Waals surface area contributed by atoms with Gasteiger partial charge in [0, 0.05) is 11.2 Å². The van der Waals surface area contributed by atoms with Gasteiger partial charge in [0.15, 0.2) is 0 Å². The number of nitrogens with zero attached hydrogens (tertiary/aromatic N) is 2. The smallest absolute Gasteiger partial charge is 0.245 e. The number of aromatic nitrogens is 1. The lowest BCUT2D eigenvalue weighted by Gasteiger charge is -2.22. The number of rotatable bonds is 5. The number of anilines is 2. The molecule has 1 aromatic heterocycles. The molecule has 6 nitrogen and oxygen atoms in total. The monoisotopic (exact) mass is 339 g/mol. The Balaban J connectivity index is 2.19. The molecular weight excluding hydrogens is 326 g/mol. The number of carbonyl (C=O) groups excluding carboxylic acids is 1. The Hall–Kier alpha value is -2.12. The third-order valence-corrected chi connectivity index (χ3v) is 4.10. The average Bonchev–Trinajstić information content (AvgIpc) is 2.44. The SMILES string of the molecule is CS(=O)(=O)N(CC(=O)Nc1cccnc1)c1cccc(Cl)c1. The predicted octanol–water partition coefficient (Wildman–Crippen LogP) is 2.14. The van der Waals surface area contributed by atoms with Crippen molar-refractivity contribution in [2.45, 2.75) is 0 Å². The highest BCUT2D eigenvalue weighted by Crippen LogP contribution is 2.21. The van der Waals surface area contributed by atoms with E-state index in [9.17, 15) is 13.2 Å². The summed E-state index contributed by atoms with van der Waals surface area (Å²) in [5.41, 5.74) is 0.823. The molecule has 8 heteroatoms. The maximum absolute atomic E-state index is 12.0. The average molecular weight is 340 g/mol. The lowest BCUT2D eigenvalue weighted by Crippen LogP contribution is -2.37. The van der Waals surface area contributed by atoms with Crippen molar-refractivity contribution in [2.24, 2.45) is 0 Å². The first-order valence-corrected chi connectivity index (χ1v) is 8.52. The standard InChI is InChI=1S/C14H14ClN3O3S/c1-22(20,21)18(13-6-2-4-11(15)8-13)10-14(19)17-12-5-3-7-16-9-12/h2-9H,10H2,1H3,(H,17,19). The van der Waals surface area contributed by atoms with Crippen molar-refractivity contribution in [3.8, 4) is 0 Å². The van der Waals surface area contributed by atoms with Crippen LogP contribution in [-0.2, 0) is 14.8 Å². The van der Waals surface area contributed by atoms with Crippen LogP contribution in [0.1, 0.15) is 0 Å². The van der Waals surface area contributed by atoms with Gasteiger partial charge in [-0.15, -0.1) is 0 Å². The maximum Gasteiger partial charge on any atom is 0.245 e. The fourth-order valence-electron chi connectivity index (χ4n) is 1.80. The molecule has 1 N–H and O–H groups in total. The second-order valence-corrected chi connectivity index (χ2v) is 6.88. The van der Waals surface area contributed by atoms with Crippen LogP contribution in [0.4, 0.5) is 11.4 Å². The van der Waals surface area contributed by atoms with E-state index < -0.39 is 15.9 Å². The van der Waals surface area contributed by atoms with E-state index in [2.05, 4.69) is 10.3 Å². The fraction of sp³-hybridized carbons (Fsp3) is 0.143. The van der Waals surface area contributed by atoms with Crippen molar-refractivity contribution in [1.29, 1.82) is 0 Å². The molecule has 0 aliphatic rings. The Morgan fingerprint density at radius 1 is 1.32 bits per heavy atom. The number of carbonyl (C=O) groups is 1. The first-order valence-electron chi connectivity index (χ1n) is 6.29. The first-order chi connectivity index (χ1) is 10.4. The minimum absolute atomic E-state index is 0.330. The van der Waals surface area contributed by atoms with Gasteiger partial charge in [0.25, 0.3) is 0 Å². The van der Waals surface area contributed by atoms with Gasteiger partial charge < -0.3 is 5.32 Å². The van der Waals surface area contributed by atoms with Gasteiger partial charge in [-0.25, -0.2) is 8.42 Å². The fourth-order valence-corrected chi connectivity index (χ4v) is 2.83. The van der Waals surface area contributed by atoms with E-state index in [4.69, 9.17) is 11.6 Å². The number of pyridine rings is 1. The molecule has 1 amide bonds. The van der Waals surface area contributed by atoms with Crippen molar-refractivity contribution in [3.05, 3.63) is 53.8 Å². The van der Waals surface area contributed by atoms with E-state index in [1.807, 2.05) is 0 Å². The molecule has 0 saturated heterocycles. The molecule has 1 heterocycles. The van der Waals surface area contributed by atoms with Gasteiger partial charge in [-0.05, 0) is 30.3 Å². The quantitative estimate of drug-likeness (QED) is 0.905. The molecule has 0 aliphatic carbocycles. The topological polar surface area (TPSA) is 79.4 Å². The molecule has 0 radical (unpaired) electrons. The van der Waals surface area contributed by atoms with Crippen LogP contribution >= 0.6 is 11.6 Å². The molecule has 1 aromatic carbocycles. The third kappa shape index (κ3) is 4.44. The van der Waals surface area contributed by atoms with Crippen LogP contribution in [0.25, 0.3) is 0 Å². The van der Waals surface area contributed by atoms with Crippen molar-refractivity contribution in [2.75, 3.05) is 22.4 Å². The van der Waals surface area contributed by atoms with E-state index in [-0.39, 0.29) is 6.54 Å². The highest BCUT2D eigenvalue weighted by Gasteiger charge is 2.21. The Morgan fingerprint density at radius 2 is 2.09 bits per heavy atom. The minimum Gasteiger partial charge on any atom is -0.323 e. The number of hydrogen-bond acceptors (Lipinski definition) is 4. The van der Waals surface area contributed by atoms with Crippen LogP contribution in [0.3, 0.4) is 0 Å². The Morgan fingerprint density at radius 3 is 2.68 bits per heavy atom. The summed E-state index contributed by atoms with van der Waals surface area (Å²) in [7, 11) is -3.62. The van der Waals surface area contributed by atoms with Crippen LogP contribution in [0.5, 0.6) is 0 Å². The number of halogens is 1. The van der Waals surface area contributed by atoms with Crippen molar-refractivity contribution < 1.29 is 13.2 Å². The molecule has 2 rings (SSSR count). The van der Waals surface area contributed by atoms with E-state index in [1.54, 1.807) is 36.5 Å². The Bertz CT molecular complexity index is 766. The summed E-state index contributed by atoms with van der Waals surface area (Å²) < 4.78 is 24.8. The molecule has 2 aromatic rings. The number of hydrogen-bond donors (Lipinski definition) is 1. The van der Waals surface area contributed by atoms with Crippen LogP contribution in [0.2, 0.25) is 5.02 Å². The zero-order chi connectivity index (χ0) is 16.2.